The largest absolute Gasteiger partial charge is 0.381 e. The molecule has 0 radical (unpaired) electrons. The van der Waals surface area contributed by atoms with Crippen molar-refractivity contribution in [3.63, 3.8) is 0 Å². The predicted octanol–water partition coefficient (Wildman–Crippen LogP) is 1.36. The summed E-state index contributed by atoms with van der Waals surface area (Å²) in [7, 11) is 0. The molecule has 0 spiro atoms. The van der Waals surface area contributed by atoms with Crippen molar-refractivity contribution >= 4 is 5.96 Å². The number of hydrogen-bond acceptors (Lipinski definition) is 2. The lowest BCUT2D eigenvalue weighted by Crippen LogP contribution is -2.33. The second-order valence-corrected chi connectivity index (χ2v) is 4.01. The molecule has 0 aliphatic rings. The summed E-state index contributed by atoms with van der Waals surface area (Å²) in [6.45, 7) is 9.59. The molecule has 4 heteroatoms. The number of hydrogen-bond donors (Lipinski definition) is 2. The predicted molar refractivity (Wildman–Crippen MR) is 65.1 cm³/mol. The maximum atomic E-state index is 5.66. The Bertz CT molecular complexity index is 169. The van der Waals surface area contributed by atoms with Gasteiger partial charge < -0.3 is 15.8 Å². The minimum absolute atomic E-state index is 0.541. The standard InChI is InChI=1S/C11H25N3O/c1-4-7-15-8-5-6-13-11(12)14-9-10(2)3/h10H,4-9H2,1-3H3,(H3,12,13,14). The molecular weight excluding hydrogens is 190 g/mol. The molecule has 90 valence electrons. The molecule has 0 atom stereocenters. The normalized spacial score (nSPS) is 12.1. The molecule has 0 aromatic heterocycles. The van der Waals surface area contributed by atoms with Gasteiger partial charge >= 0.3 is 0 Å². The lowest BCUT2D eigenvalue weighted by atomic mass is 10.2. The highest BCUT2D eigenvalue weighted by Crippen LogP contribution is 1.90. The molecular formula is C11H25N3O. The second-order valence-electron chi connectivity index (χ2n) is 4.01. The molecule has 0 aliphatic carbocycles. The number of rotatable bonds is 8. The van der Waals surface area contributed by atoms with E-state index >= 15 is 0 Å². The highest BCUT2D eigenvalue weighted by molar-refractivity contribution is 5.77. The number of ether oxygens (including phenoxy) is 1. The first-order chi connectivity index (χ1) is 7.16. The highest BCUT2D eigenvalue weighted by Gasteiger charge is 1.93. The van der Waals surface area contributed by atoms with Gasteiger partial charge in [0, 0.05) is 26.3 Å². The molecule has 0 aliphatic heterocycles. The lowest BCUT2D eigenvalue weighted by molar-refractivity contribution is 0.133. The van der Waals surface area contributed by atoms with E-state index in [4.69, 9.17) is 10.5 Å². The van der Waals surface area contributed by atoms with Crippen molar-refractivity contribution in [2.24, 2.45) is 16.6 Å². The summed E-state index contributed by atoms with van der Waals surface area (Å²) in [5.74, 6) is 1.09. The Balaban J connectivity index is 3.30. The van der Waals surface area contributed by atoms with Crippen LogP contribution in [-0.4, -0.2) is 32.3 Å². The van der Waals surface area contributed by atoms with Crippen LogP contribution in [0.5, 0.6) is 0 Å². The molecule has 0 fully saturated rings. The first kappa shape index (κ1) is 14.2. The van der Waals surface area contributed by atoms with E-state index in [0.717, 1.165) is 39.1 Å². The molecule has 0 heterocycles. The van der Waals surface area contributed by atoms with Gasteiger partial charge in [-0.25, -0.2) is 0 Å². The number of nitrogens with two attached hydrogens (primary N) is 1. The van der Waals surface area contributed by atoms with Crippen molar-refractivity contribution in [1.29, 1.82) is 0 Å². The molecule has 0 amide bonds. The fraction of sp³-hybridized carbons (Fsp3) is 0.909. The SMILES string of the molecule is CCCOCCCNC(N)=NCC(C)C. The Hall–Kier alpha value is -0.770. The van der Waals surface area contributed by atoms with Gasteiger partial charge in [-0.2, -0.15) is 0 Å². The van der Waals surface area contributed by atoms with Crippen molar-refractivity contribution in [2.45, 2.75) is 33.6 Å². The molecule has 15 heavy (non-hydrogen) atoms. The molecule has 0 saturated heterocycles. The summed E-state index contributed by atoms with van der Waals surface area (Å²) in [6.07, 6.45) is 2.04. The molecule has 0 rings (SSSR count). The maximum Gasteiger partial charge on any atom is 0.188 e. The third-order valence-electron chi connectivity index (χ3n) is 1.75. The minimum atomic E-state index is 0.541. The van der Waals surface area contributed by atoms with Gasteiger partial charge in [-0.1, -0.05) is 20.8 Å². The van der Waals surface area contributed by atoms with Gasteiger partial charge in [0.25, 0.3) is 0 Å². The van der Waals surface area contributed by atoms with Crippen molar-refractivity contribution in [3.8, 4) is 0 Å². The molecule has 0 aromatic carbocycles. The van der Waals surface area contributed by atoms with Gasteiger partial charge in [0.1, 0.15) is 0 Å². The minimum Gasteiger partial charge on any atom is -0.381 e. The Morgan fingerprint density at radius 2 is 2.13 bits per heavy atom. The van der Waals surface area contributed by atoms with Crippen LogP contribution in [0, 0.1) is 5.92 Å². The van der Waals surface area contributed by atoms with Gasteiger partial charge in [0.05, 0.1) is 0 Å². The van der Waals surface area contributed by atoms with Crippen LogP contribution in [0.3, 0.4) is 0 Å². The zero-order chi connectivity index (χ0) is 11.5. The third-order valence-corrected chi connectivity index (χ3v) is 1.75. The Labute approximate surface area is 93.3 Å². The Morgan fingerprint density at radius 1 is 1.40 bits per heavy atom. The van der Waals surface area contributed by atoms with E-state index in [1.807, 2.05) is 0 Å². The number of nitrogens with zero attached hydrogens (tertiary/aromatic N) is 1. The van der Waals surface area contributed by atoms with E-state index < -0.39 is 0 Å². The topological polar surface area (TPSA) is 59.6 Å². The fourth-order valence-electron chi connectivity index (χ4n) is 0.974. The number of aliphatic imine (C=N–C) groups is 1. The van der Waals surface area contributed by atoms with Crippen molar-refractivity contribution in [1.82, 2.24) is 5.32 Å². The van der Waals surface area contributed by atoms with Crippen molar-refractivity contribution in [2.75, 3.05) is 26.3 Å². The van der Waals surface area contributed by atoms with Crippen LogP contribution in [0.15, 0.2) is 4.99 Å². The quantitative estimate of drug-likeness (QED) is 0.365. The first-order valence-corrected chi connectivity index (χ1v) is 5.78. The van der Waals surface area contributed by atoms with E-state index in [2.05, 4.69) is 31.1 Å². The van der Waals surface area contributed by atoms with Crippen LogP contribution in [0.1, 0.15) is 33.6 Å². The highest BCUT2D eigenvalue weighted by atomic mass is 16.5. The monoisotopic (exact) mass is 215 g/mol. The van der Waals surface area contributed by atoms with Crippen LogP contribution in [0.2, 0.25) is 0 Å². The average Bonchev–Trinajstić information content (AvgIpc) is 2.20. The van der Waals surface area contributed by atoms with Gasteiger partial charge in [-0.3, -0.25) is 4.99 Å². The van der Waals surface area contributed by atoms with Crippen LogP contribution < -0.4 is 11.1 Å². The Morgan fingerprint density at radius 3 is 2.73 bits per heavy atom. The summed E-state index contributed by atoms with van der Waals surface area (Å²) in [5, 5.41) is 3.06. The van der Waals surface area contributed by atoms with Gasteiger partial charge in [-0.15, -0.1) is 0 Å². The van der Waals surface area contributed by atoms with Gasteiger partial charge in [-0.05, 0) is 18.8 Å². The summed E-state index contributed by atoms with van der Waals surface area (Å²) in [4.78, 5) is 4.20. The first-order valence-electron chi connectivity index (χ1n) is 5.78. The zero-order valence-corrected chi connectivity index (χ0v) is 10.3. The summed E-state index contributed by atoms with van der Waals surface area (Å²) >= 11 is 0. The van der Waals surface area contributed by atoms with E-state index in [-0.39, 0.29) is 0 Å². The average molecular weight is 215 g/mol. The van der Waals surface area contributed by atoms with Gasteiger partial charge in [0.2, 0.25) is 0 Å². The van der Waals surface area contributed by atoms with E-state index in [1.165, 1.54) is 0 Å². The zero-order valence-electron chi connectivity index (χ0n) is 10.3. The third kappa shape index (κ3) is 11.2. The van der Waals surface area contributed by atoms with E-state index in [1.54, 1.807) is 0 Å². The second kappa shape index (κ2) is 9.77. The maximum absolute atomic E-state index is 5.66. The summed E-state index contributed by atoms with van der Waals surface area (Å²) in [6, 6.07) is 0. The smallest absolute Gasteiger partial charge is 0.188 e. The van der Waals surface area contributed by atoms with E-state index in [9.17, 15) is 0 Å². The molecule has 0 aromatic rings. The molecule has 3 N–H and O–H groups in total. The van der Waals surface area contributed by atoms with Gasteiger partial charge in [0.15, 0.2) is 5.96 Å². The number of guanidine groups is 1. The molecule has 0 unspecified atom stereocenters. The molecule has 0 bridgehead atoms. The molecule has 0 saturated carbocycles. The summed E-state index contributed by atoms with van der Waals surface area (Å²) in [5.41, 5.74) is 5.66. The van der Waals surface area contributed by atoms with Crippen LogP contribution in [0.4, 0.5) is 0 Å². The van der Waals surface area contributed by atoms with Crippen LogP contribution in [-0.2, 0) is 4.74 Å². The van der Waals surface area contributed by atoms with Crippen molar-refractivity contribution in [3.05, 3.63) is 0 Å². The van der Waals surface area contributed by atoms with E-state index in [0.29, 0.717) is 11.9 Å². The number of nitrogens with one attached hydrogen (secondary N) is 1. The van der Waals surface area contributed by atoms with Crippen LogP contribution in [0.25, 0.3) is 0 Å². The lowest BCUT2D eigenvalue weighted by Gasteiger charge is -2.06. The Kier molecular flexibility index (Phi) is 9.27. The van der Waals surface area contributed by atoms with Crippen molar-refractivity contribution < 1.29 is 4.74 Å². The van der Waals surface area contributed by atoms with Crippen LogP contribution >= 0.6 is 0 Å². The summed E-state index contributed by atoms with van der Waals surface area (Å²) < 4.78 is 5.34. The molecule has 4 nitrogen and oxygen atoms in total. The fourth-order valence-corrected chi connectivity index (χ4v) is 0.974.